The summed E-state index contributed by atoms with van der Waals surface area (Å²) in [5.41, 5.74) is 3.03. The molecule has 2 aliphatic heterocycles. The zero-order valence-corrected chi connectivity index (χ0v) is 17.4. The van der Waals surface area contributed by atoms with E-state index in [0.717, 1.165) is 16.8 Å². The van der Waals surface area contributed by atoms with E-state index >= 15 is 0 Å². The van der Waals surface area contributed by atoms with Crippen molar-refractivity contribution in [3.8, 4) is 17.0 Å². The molecule has 3 heterocycles. The summed E-state index contributed by atoms with van der Waals surface area (Å²) in [4.78, 5) is 29.7. The second-order valence-corrected chi connectivity index (χ2v) is 7.55. The molecule has 2 aromatic carbocycles. The number of morpholine rings is 1. The van der Waals surface area contributed by atoms with Crippen LogP contribution in [0.2, 0.25) is 0 Å². The van der Waals surface area contributed by atoms with Crippen LogP contribution in [-0.2, 0) is 16.0 Å². The molecule has 1 amide bonds. The predicted molar refractivity (Wildman–Crippen MR) is 120 cm³/mol. The average Bonchev–Trinajstić information content (AvgIpc) is 3.22. The molecular formula is C23H23N5O4. The zero-order valence-electron chi connectivity index (χ0n) is 17.4. The molecule has 9 heteroatoms. The van der Waals surface area contributed by atoms with Gasteiger partial charge in [0.05, 0.1) is 25.5 Å². The van der Waals surface area contributed by atoms with Crippen molar-refractivity contribution in [3.05, 3.63) is 60.2 Å². The van der Waals surface area contributed by atoms with Crippen molar-refractivity contribution < 1.29 is 19.5 Å². The Labute approximate surface area is 185 Å². The molecule has 2 N–H and O–H groups in total. The number of hydrogen-bond acceptors (Lipinski definition) is 8. The number of para-hydroxylation sites is 1. The maximum absolute atomic E-state index is 12.5. The van der Waals surface area contributed by atoms with E-state index in [4.69, 9.17) is 19.5 Å². The number of aromatic hydroxyl groups is 1. The first-order valence-electron chi connectivity index (χ1n) is 10.5. The number of phenols is 1. The molecule has 1 saturated heterocycles. The van der Waals surface area contributed by atoms with Gasteiger partial charge in [0.25, 0.3) is 0 Å². The number of nitrogens with one attached hydrogen (secondary N) is 1. The molecule has 0 radical (unpaired) electrons. The smallest absolute Gasteiger partial charge is 0.436 e. The first kappa shape index (κ1) is 20.1. The summed E-state index contributed by atoms with van der Waals surface area (Å²) in [7, 11) is 0. The van der Waals surface area contributed by atoms with Crippen molar-refractivity contribution in [1.29, 1.82) is 0 Å². The van der Waals surface area contributed by atoms with Crippen LogP contribution in [0, 0.1) is 0 Å². The number of hydroxylamine groups is 1. The number of nitrogens with zero attached hydrogens (tertiary/aromatic N) is 4. The van der Waals surface area contributed by atoms with E-state index in [1.165, 1.54) is 5.06 Å². The molecule has 1 aromatic heterocycles. The number of ether oxygens (including phenoxy) is 1. The highest BCUT2D eigenvalue weighted by Gasteiger charge is 2.30. The number of phenolic OH excluding ortho intramolecular Hbond substituents is 1. The lowest BCUT2D eigenvalue weighted by atomic mass is 10.1. The first-order valence-corrected chi connectivity index (χ1v) is 10.5. The Bertz CT molecular complexity index is 1120. The van der Waals surface area contributed by atoms with E-state index in [1.54, 1.807) is 30.3 Å². The third-order valence-corrected chi connectivity index (χ3v) is 5.40. The molecule has 3 aromatic rings. The summed E-state index contributed by atoms with van der Waals surface area (Å²) in [6, 6.07) is 16.1. The van der Waals surface area contributed by atoms with Gasteiger partial charge in [-0.1, -0.05) is 30.3 Å². The van der Waals surface area contributed by atoms with Gasteiger partial charge in [-0.15, -0.1) is 0 Å². The number of benzene rings is 2. The highest BCUT2D eigenvalue weighted by Crippen LogP contribution is 2.36. The Morgan fingerprint density at radius 3 is 2.62 bits per heavy atom. The van der Waals surface area contributed by atoms with E-state index in [0.29, 0.717) is 56.7 Å². The Morgan fingerprint density at radius 2 is 1.84 bits per heavy atom. The summed E-state index contributed by atoms with van der Waals surface area (Å²) in [5.74, 6) is 1.27. The summed E-state index contributed by atoms with van der Waals surface area (Å²) >= 11 is 0. The van der Waals surface area contributed by atoms with Gasteiger partial charge in [-0.25, -0.2) is 9.78 Å². The lowest BCUT2D eigenvalue weighted by Gasteiger charge is -2.28. The number of carbonyl (C=O) groups is 1. The zero-order chi connectivity index (χ0) is 21.9. The quantitative estimate of drug-likeness (QED) is 0.647. The summed E-state index contributed by atoms with van der Waals surface area (Å²) < 4.78 is 5.46. The van der Waals surface area contributed by atoms with Crippen molar-refractivity contribution in [1.82, 2.24) is 9.97 Å². The lowest BCUT2D eigenvalue weighted by Crippen LogP contribution is -2.37. The Kier molecular flexibility index (Phi) is 5.47. The number of rotatable bonds is 4. The van der Waals surface area contributed by atoms with E-state index in [1.807, 2.05) is 24.3 Å². The van der Waals surface area contributed by atoms with Crippen LogP contribution in [0.4, 0.5) is 22.2 Å². The van der Waals surface area contributed by atoms with Gasteiger partial charge in [-0.05, 0) is 30.7 Å². The maximum atomic E-state index is 12.5. The summed E-state index contributed by atoms with van der Waals surface area (Å²) in [6.07, 6.45) is 0.0250. The van der Waals surface area contributed by atoms with Gasteiger partial charge in [0.15, 0.2) is 5.82 Å². The van der Waals surface area contributed by atoms with Crippen LogP contribution in [0.3, 0.4) is 0 Å². The topological polar surface area (TPSA) is 100 Å². The van der Waals surface area contributed by atoms with Gasteiger partial charge < -0.3 is 19.6 Å². The van der Waals surface area contributed by atoms with Crippen molar-refractivity contribution in [2.24, 2.45) is 0 Å². The highest BCUT2D eigenvalue weighted by molar-refractivity contribution is 5.85. The second kappa shape index (κ2) is 8.72. The number of anilines is 3. The molecular weight excluding hydrogens is 410 g/mol. The van der Waals surface area contributed by atoms with Crippen LogP contribution in [0.5, 0.6) is 5.75 Å². The molecule has 164 valence electrons. The molecule has 9 nitrogen and oxygen atoms in total. The van der Waals surface area contributed by atoms with E-state index < -0.39 is 6.09 Å². The minimum Gasteiger partial charge on any atom is -0.508 e. The number of amides is 1. The van der Waals surface area contributed by atoms with Gasteiger partial charge in [0.2, 0.25) is 5.95 Å². The van der Waals surface area contributed by atoms with E-state index in [9.17, 15) is 9.90 Å². The van der Waals surface area contributed by atoms with Crippen molar-refractivity contribution in [3.63, 3.8) is 0 Å². The standard InChI is InChI=1S/C23H23N5O4/c29-18-8-4-5-16(15-18)20-19-9-10-28(32-23(30)24-17-6-2-1-3-7-17)21(19)26-22(25-20)27-11-13-31-14-12-27/h1-8,15,29H,9-14H2,(H,24,30). The molecule has 0 spiro atoms. The van der Waals surface area contributed by atoms with Gasteiger partial charge >= 0.3 is 6.09 Å². The van der Waals surface area contributed by atoms with Gasteiger partial charge in [-0.3, -0.25) is 5.32 Å². The Balaban J connectivity index is 1.47. The number of aromatic nitrogens is 2. The molecule has 2 aliphatic rings. The second-order valence-electron chi connectivity index (χ2n) is 7.55. The summed E-state index contributed by atoms with van der Waals surface area (Å²) in [5, 5.41) is 14.2. The van der Waals surface area contributed by atoms with Crippen molar-refractivity contribution in [2.45, 2.75) is 6.42 Å². The average molecular weight is 433 g/mol. The fourth-order valence-corrected chi connectivity index (χ4v) is 3.86. The molecule has 32 heavy (non-hydrogen) atoms. The first-order chi connectivity index (χ1) is 15.7. The Morgan fingerprint density at radius 1 is 1.03 bits per heavy atom. The molecule has 0 aliphatic carbocycles. The van der Waals surface area contributed by atoms with Gasteiger partial charge in [0.1, 0.15) is 5.75 Å². The number of hydrogen-bond donors (Lipinski definition) is 2. The fourth-order valence-electron chi connectivity index (χ4n) is 3.86. The predicted octanol–water partition coefficient (Wildman–Crippen LogP) is 3.21. The molecule has 0 atom stereocenters. The monoisotopic (exact) mass is 433 g/mol. The van der Waals surface area contributed by atoms with Crippen LogP contribution >= 0.6 is 0 Å². The lowest BCUT2D eigenvalue weighted by molar-refractivity contribution is 0.122. The molecule has 0 saturated carbocycles. The number of carbonyl (C=O) groups excluding carboxylic acids is 1. The minimum absolute atomic E-state index is 0.163. The molecule has 0 unspecified atom stereocenters. The Hall–Kier alpha value is -3.85. The van der Waals surface area contributed by atoms with Crippen LogP contribution in [0.25, 0.3) is 11.3 Å². The molecule has 0 bridgehead atoms. The highest BCUT2D eigenvalue weighted by atomic mass is 16.7. The van der Waals surface area contributed by atoms with Crippen LogP contribution in [0.1, 0.15) is 5.56 Å². The van der Waals surface area contributed by atoms with Gasteiger partial charge in [0, 0.05) is 29.9 Å². The maximum Gasteiger partial charge on any atom is 0.436 e. The molecule has 5 rings (SSSR count). The number of fused-ring (bicyclic) bond motifs is 1. The van der Waals surface area contributed by atoms with Crippen LogP contribution in [-0.4, -0.2) is 54.0 Å². The van der Waals surface area contributed by atoms with Crippen molar-refractivity contribution in [2.75, 3.05) is 48.1 Å². The molecule has 1 fully saturated rings. The third-order valence-electron chi connectivity index (χ3n) is 5.40. The minimum atomic E-state index is -0.588. The van der Waals surface area contributed by atoms with E-state index in [-0.39, 0.29) is 5.75 Å². The van der Waals surface area contributed by atoms with E-state index in [2.05, 4.69) is 10.2 Å². The normalized spacial score (nSPS) is 15.4. The summed E-state index contributed by atoms with van der Waals surface area (Å²) in [6.45, 7) is 3.01. The van der Waals surface area contributed by atoms with Crippen molar-refractivity contribution >= 4 is 23.5 Å². The SMILES string of the molecule is O=C(Nc1ccccc1)ON1CCc2c(-c3cccc(O)c3)nc(N3CCOCC3)nc21. The fraction of sp³-hybridized carbons (Fsp3) is 0.261. The third kappa shape index (κ3) is 4.15. The largest absolute Gasteiger partial charge is 0.508 e. The van der Waals surface area contributed by atoms with Gasteiger partial charge in [-0.2, -0.15) is 10.0 Å². The van der Waals surface area contributed by atoms with Crippen LogP contribution in [0.15, 0.2) is 54.6 Å². The van der Waals surface area contributed by atoms with Crippen LogP contribution < -0.4 is 15.3 Å².